The lowest BCUT2D eigenvalue weighted by Crippen LogP contribution is -2.23. The van der Waals surface area contributed by atoms with Gasteiger partial charge in [0, 0.05) is 65.5 Å². The Kier molecular flexibility index (Phi) is 8.32. The lowest BCUT2D eigenvalue weighted by molar-refractivity contribution is 0.603. The van der Waals surface area contributed by atoms with Gasteiger partial charge in [0.25, 0.3) is 0 Å². The quantitative estimate of drug-likeness (QED) is 0.164. The first kappa shape index (κ1) is 40.3. The second-order valence-corrected chi connectivity index (χ2v) is 22.4. The summed E-state index contributed by atoms with van der Waals surface area (Å²) in [5.41, 5.74) is 25.9. The van der Waals surface area contributed by atoms with Crippen LogP contribution in [0.4, 0.5) is 34.1 Å². The second-order valence-electron chi connectivity index (χ2n) is 21.4. The van der Waals surface area contributed by atoms with Crippen molar-refractivity contribution in [1.82, 2.24) is 0 Å². The Hall–Kier alpha value is -6.94. The van der Waals surface area contributed by atoms with Crippen molar-refractivity contribution in [3.63, 3.8) is 0 Å². The third-order valence-electron chi connectivity index (χ3n) is 16.2. The predicted octanol–water partition coefficient (Wildman–Crippen LogP) is 17.9. The summed E-state index contributed by atoms with van der Waals surface area (Å²) in [4.78, 5) is 7.78. The predicted molar refractivity (Wildman–Crippen MR) is 284 cm³/mol. The average molecular weight is 883 g/mol. The molecule has 4 aliphatic rings. The van der Waals surface area contributed by atoms with Gasteiger partial charge in [-0.1, -0.05) is 165 Å². The fourth-order valence-corrected chi connectivity index (χ4v) is 14.5. The molecule has 0 N–H and O–H groups in total. The molecule has 0 unspecified atom stereocenters. The van der Waals surface area contributed by atoms with E-state index in [1.807, 2.05) is 11.3 Å². The Balaban J connectivity index is 0.894. The highest BCUT2D eigenvalue weighted by atomic mass is 32.1. The molecule has 1 aromatic heterocycles. The molecule has 2 nitrogen and oxygen atoms in total. The van der Waals surface area contributed by atoms with E-state index in [1.165, 1.54) is 110 Å². The summed E-state index contributed by atoms with van der Waals surface area (Å²) in [6.07, 6.45) is 0. The summed E-state index contributed by atoms with van der Waals surface area (Å²) in [5.74, 6) is 0. The van der Waals surface area contributed by atoms with Crippen LogP contribution in [0.5, 0.6) is 0 Å². The summed E-state index contributed by atoms with van der Waals surface area (Å²) in [7, 11) is 0. The van der Waals surface area contributed by atoms with E-state index >= 15 is 0 Å². The molecule has 3 heteroatoms. The first-order valence-electron chi connectivity index (χ1n) is 23.9. The summed E-state index contributed by atoms with van der Waals surface area (Å²) in [6, 6.07) is 68.4. The standard InChI is InChI=1S/C64H54N2S/c1-61(2)51-25-17-15-23-45(51)47-31-27-41(35-53(47)61)65(39-19-11-9-12-20-39)43-29-33-49-55(37-43)63(5,6)57-58-60(67-59(49)57)50-34-30-44(38-56(50)64(58,7)8)66(40-21-13-10-14-22-40)42-28-32-48-46-24-16-18-26-52(46)62(3,4)54(48)36-42/h9-38H,1-8H3. The van der Waals surface area contributed by atoms with Crippen molar-refractivity contribution >= 4 is 45.5 Å². The number of hydrogen-bond acceptors (Lipinski definition) is 3. The zero-order valence-corrected chi connectivity index (χ0v) is 40.4. The summed E-state index contributed by atoms with van der Waals surface area (Å²) < 4.78 is 0. The van der Waals surface area contributed by atoms with Gasteiger partial charge in [-0.05, 0) is 151 Å². The molecule has 326 valence electrons. The number of benzene rings is 8. The van der Waals surface area contributed by atoms with Crippen LogP contribution >= 0.6 is 11.3 Å². The van der Waals surface area contributed by atoms with E-state index in [0.29, 0.717) is 0 Å². The molecule has 0 bridgehead atoms. The third kappa shape index (κ3) is 5.50. The van der Waals surface area contributed by atoms with Gasteiger partial charge >= 0.3 is 0 Å². The summed E-state index contributed by atoms with van der Waals surface area (Å²) in [6.45, 7) is 19.3. The molecule has 13 rings (SSSR count). The first-order chi connectivity index (χ1) is 32.3. The van der Waals surface area contributed by atoms with Crippen molar-refractivity contribution in [2.45, 2.75) is 77.0 Å². The van der Waals surface area contributed by atoms with E-state index in [9.17, 15) is 0 Å². The summed E-state index contributed by atoms with van der Waals surface area (Å²) >= 11 is 2.00. The van der Waals surface area contributed by atoms with Crippen LogP contribution in [-0.2, 0) is 21.7 Å². The van der Waals surface area contributed by atoms with Crippen LogP contribution in [0, 0.1) is 0 Å². The normalized spacial score (nSPS) is 16.2. The highest BCUT2D eigenvalue weighted by Crippen LogP contribution is 2.64. The fourth-order valence-electron chi connectivity index (χ4n) is 12.8. The molecule has 9 aromatic rings. The second kappa shape index (κ2) is 13.8. The van der Waals surface area contributed by atoms with Gasteiger partial charge in [-0.25, -0.2) is 0 Å². The Morgan fingerprint density at radius 3 is 0.940 bits per heavy atom. The smallest absolute Gasteiger partial charge is 0.0465 e. The number of para-hydroxylation sites is 2. The number of fused-ring (bicyclic) bond motifs is 13. The van der Waals surface area contributed by atoms with E-state index < -0.39 is 0 Å². The molecule has 4 aliphatic carbocycles. The number of anilines is 6. The molecule has 0 saturated heterocycles. The number of thiophene rings is 1. The van der Waals surface area contributed by atoms with Gasteiger partial charge in [-0.2, -0.15) is 0 Å². The van der Waals surface area contributed by atoms with E-state index in [-0.39, 0.29) is 21.7 Å². The van der Waals surface area contributed by atoms with Crippen molar-refractivity contribution in [3.05, 3.63) is 226 Å². The maximum Gasteiger partial charge on any atom is 0.0465 e. The van der Waals surface area contributed by atoms with Crippen LogP contribution in [0.25, 0.3) is 43.1 Å². The van der Waals surface area contributed by atoms with Gasteiger partial charge in [0.15, 0.2) is 0 Å². The van der Waals surface area contributed by atoms with E-state index in [4.69, 9.17) is 0 Å². The Morgan fingerprint density at radius 2 is 0.567 bits per heavy atom. The zero-order valence-electron chi connectivity index (χ0n) is 39.6. The molecule has 0 fully saturated rings. The molecule has 0 aliphatic heterocycles. The lowest BCUT2D eigenvalue weighted by atomic mass is 9.74. The molecule has 1 heterocycles. The number of hydrogen-bond donors (Lipinski definition) is 0. The molecule has 0 radical (unpaired) electrons. The Bertz CT molecular complexity index is 3300. The van der Waals surface area contributed by atoms with Gasteiger partial charge in [-0.15, -0.1) is 11.3 Å². The Labute approximate surface area is 399 Å². The van der Waals surface area contributed by atoms with Crippen LogP contribution in [0.3, 0.4) is 0 Å². The molecular weight excluding hydrogens is 829 g/mol. The molecular formula is C64H54N2S. The van der Waals surface area contributed by atoms with Crippen molar-refractivity contribution in [2.75, 3.05) is 9.80 Å². The van der Waals surface area contributed by atoms with Crippen LogP contribution in [0.1, 0.15) is 99.9 Å². The molecule has 0 amide bonds. The zero-order chi connectivity index (χ0) is 45.8. The monoisotopic (exact) mass is 882 g/mol. The van der Waals surface area contributed by atoms with Gasteiger partial charge in [-0.3, -0.25) is 0 Å². The molecule has 0 spiro atoms. The van der Waals surface area contributed by atoms with Crippen molar-refractivity contribution in [1.29, 1.82) is 0 Å². The molecule has 67 heavy (non-hydrogen) atoms. The van der Waals surface area contributed by atoms with Crippen molar-refractivity contribution < 1.29 is 0 Å². The maximum absolute atomic E-state index is 2.50. The topological polar surface area (TPSA) is 6.48 Å². The highest BCUT2D eigenvalue weighted by molar-refractivity contribution is 7.19. The van der Waals surface area contributed by atoms with Crippen LogP contribution < -0.4 is 9.80 Å². The molecule has 0 atom stereocenters. The van der Waals surface area contributed by atoms with E-state index in [0.717, 1.165) is 11.4 Å². The third-order valence-corrected chi connectivity index (χ3v) is 17.5. The van der Waals surface area contributed by atoms with Crippen LogP contribution in [0.15, 0.2) is 182 Å². The van der Waals surface area contributed by atoms with Crippen LogP contribution in [-0.4, -0.2) is 0 Å². The minimum absolute atomic E-state index is 0.0874. The molecule has 0 saturated carbocycles. The van der Waals surface area contributed by atoms with Gasteiger partial charge in [0.1, 0.15) is 0 Å². The van der Waals surface area contributed by atoms with Gasteiger partial charge in [0.05, 0.1) is 0 Å². The lowest BCUT2D eigenvalue weighted by Gasteiger charge is -2.31. The average Bonchev–Trinajstić information content (AvgIpc) is 4.04. The van der Waals surface area contributed by atoms with Crippen molar-refractivity contribution in [2.24, 2.45) is 0 Å². The van der Waals surface area contributed by atoms with Gasteiger partial charge in [0.2, 0.25) is 0 Å². The van der Waals surface area contributed by atoms with E-state index in [1.54, 1.807) is 0 Å². The van der Waals surface area contributed by atoms with Crippen LogP contribution in [0.2, 0.25) is 0 Å². The highest BCUT2D eigenvalue weighted by Gasteiger charge is 2.49. The number of rotatable bonds is 6. The Morgan fingerprint density at radius 1 is 0.269 bits per heavy atom. The van der Waals surface area contributed by atoms with Crippen molar-refractivity contribution in [3.8, 4) is 43.1 Å². The SMILES string of the molecule is CC1(C)c2ccccc2-c2ccc(N(c3ccccc3)c3ccc4c(c3)C(C)(C)c3c-4sc4c3C(C)(C)c3cc(N(c5ccccc5)c5ccc6c(c5)C(C)(C)c5ccccc5-6)ccc3-4)cc21. The molecule has 8 aromatic carbocycles. The minimum atomic E-state index is -0.207. The minimum Gasteiger partial charge on any atom is -0.310 e. The largest absolute Gasteiger partial charge is 0.310 e. The fraction of sp³-hybridized carbons (Fsp3) is 0.188. The summed E-state index contributed by atoms with van der Waals surface area (Å²) in [5, 5.41) is 0. The maximum atomic E-state index is 2.50. The van der Waals surface area contributed by atoms with Gasteiger partial charge < -0.3 is 9.80 Å². The number of nitrogens with zero attached hydrogens (tertiary/aromatic N) is 2. The van der Waals surface area contributed by atoms with E-state index in [2.05, 4.69) is 247 Å². The first-order valence-corrected chi connectivity index (χ1v) is 24.7.